The second kappa shape index (κ2) is 8.11. The van der Waals surface area contributed by atoms with Gasteiger partial charge in [0.2, 0.25) is 5.91 Å². The molecule has 0 bridgehead atoms. The first-order chi connectivity index (χ1) is 12.0. The lowest BCUT2D eigenvalue weighted by Gasteiger charge is -2.31. The molecule has 0 atom stereocenters. The van der Waals surface area contributed by atoms with Crippen molar-refractivity contribution in [3.63, 3.8) is 0 Å². The standard InChI is InChI=1S/C20H22BrFN2O/c1-14-4-2-3-5-16(14)13-24-10-8-15(9-11-24)20(25)23-19-7-6-17(21)12-18(19)22/h2-7,12,15H,8-11,13H2,1H3,(H,23,25). The third-order valence-electron chi connectivity index (χ3n) is 4.80. The number of nitrogens with zero attached hydrogens (tertiary/aromatic N) is 1. The van der Waals surface area contributed by atoms with Crippen molar-refractivity contribution in [2.24, 2.45) is 5.92 Å². The number of amides is 1. The van der Waals surface area contributed by atoms with Crippen LogP contribution in [0.3, 0.4) is 0 Å². The molecule has 0 radical (unpaired) electrons. The van der Waals surface area contributed by atoms with Crippen LogP contribution >= 0.6 is 15.9 Å². The van der Waals surface area contributed by atoms with Gasteiger partial charge in [-0.25, -0.2) is 4.39 Å². The first kappa shape index (κ1) is 18.1. The smallest absolute Gasteiger partial charge is 0.227 e. The van der Waals surface area contributed by atoms with E-state index in [4.69, 9.17) is 0 Å². The van der Waals surface area contributed by atoms with Crippen molar-refractivity contribution >= 4 is 27.5 Å². The highest BCUT2D eigenvalue weighted by Crippen LogP contribution is 2.24. The molecule has 132 valence electrons. The Morgan fingerprint density at radius 3 is 2.64 bits per heavy atom. The Hall–Kier alpha value is -1.72. The second-order valence-electron chi connectivity index (χ2n) is 6.59. The normalized spacial score (nSPS) is 16.0. The molecule has 0 saturated carbocycles. The average molecular weight is 405 g/mol. The molecule has 0 unspecified atom stereocenters. The van der Waals surface area contributed by atoms with Gasteiger partial charge in [-0.2, -0.15) is 0 Å². The lowest BCUT2D eigenvalue weighted by atomic mass is 9.95. The van der Waals surface area contributed by atoms with Gasteiger partial charge in [-0.3, -0.25) is 9.69 Å². The zero-order valence-corrected chi connectivity index (χ0v) is 15.9. The summed E-state index contributed by atoms with van der Waals surface area (Å²) in [5.41, 5.74) is 2.88. The number of nitrogens with one attached hydrogen (secondary N) is 1. The fourth-order valence-corrected chi connectivity index (χ4v) is 3.54. The molecular weight excluding hydrogens is 383 g/mol. The van der Waals surface area contributed by atoms with E-state index in [0.29, 0.717) is 4.47 Å². The van der Waals surface area contributed by atoms with Crippen molar-refractivity contribution < 1.29 is 9.18 Å². The number of anilines is 1. The third kappa shape index (κ3) is 4.67. The highest BCUT2D eigenvalue weighted by molar-refractivity contribution is 9.10. The summed E-state index contributed by atoms with van der Waals surface area (Å²) in [6.07, 6.45) is 1.60. The maximum absolute atomic E-state index is 13.9. The Morgan fingerprint density at radius 1 is 1.24 bits per heavy atom. The number of piperidine rings is 1. The van der Waals surface area contributed by atoms with Gasteiger partial charge in [-0.15, -0.1) is 0 Å². The van der Waals surface area contributed by atoms with E-state index in [0.717, 1.165) is 32.5 Å². The zero-order valence-electron chi connectivity index (χ0n) is 14.3. The lowest BCUT2D eigenvalue weighted by Crippen LogP contribution is -2.38. The van der Waals surface area contributed by atoms with Crippen molar-refractivity contribution in [1.82, 2.24) is 4.90 Å². The molecule has 1 N–H and O–H groups in total. The fraction of sp³-hybridized carbons (Fsp3) is 0.350. The second-order valence-corrected chi connectivity index (χ2v) is 7.51. The number of carbonyl (C=O) groups excluding carboxylic acids is 1. The van der Waals surface area contributed by atoms with Crippen molar-refractivity contribution in [3.8, 4) is 0 Å². The molecular formula is C20H22BrFN2O. The van der Waals surface area contributed by atoms with Crippen molar-refractivity contribution in [2.45, 2.75) is 26.3 Å². The van der Waals surface area contributed by atoms with Gasteiger partial charge in [0, 0.05) is 16.9 Å². The summed E-state index contributed by atoms with van der Waals surface area (Å²) in [6.45, 7) is 4.81. The molecule has 3 nitrogen and oxygen atoms in total. The number of likely N-dealkylation sites (tertiary alicyclic amines) is 1. The van der Waals surface area contributed by atoms with Gasteiger partial charge in [0.05, 0.1) is 5.69 Å². The Morgan fingerprint density at radius 2 is 1.96 bits per heavy atom. The van der Waals surface area contributed by atoms with Crippen LogP contribution in [0.4, 0.5) is 10.1 Å². The summed E-state index contributed by atoms with van der Waals surface area (Å²) in [6, 6.07) is 13.1. The van der Waals surface area contributed by atoms with Crippen molar-refractivity contribution in [3.05, 3.63) is 63.9 Å². The predicted octanol–water partition coefficient (Wildman–Crippen LogP) is 4.75. The van der Waals surface area contributed by atoms with Gasteiger partial charge < -0.3 is 5.32 Å². The molecule has 2 aromatic carbocycles. The summed E-state index contributed by atoms with van der Waals surface area (Å²) in [7, 11) is 0. The molecule has 1 fully saturated rings. The third-order valence-corrected chi connectivity index (χ3v) is 5.30. The van der Waals surface area contributed by atoms with Crippen molar-refractivity contribution in [2.75, 3.05) is 18.4 Å². The Balaban J connectivity index is 1.53. The van der Waals surface area contributed by atoms with Gasteiger partial charge in [0.1, 0.15) is 5.82 Å². The molecule has 0 spiro atoms. The molecule has 1 aliphatic rings. The van der Waals surface area contributed by atoms with E-state index in [1.807, 2.05) is 0 Å². The quantitative estimate of drug-likeness (QED) is 0.797. The fourth-order valence-electron chi connectivity index (χ4n) is 3.21. The Labute approximate surface area is 156 Å². The van der Waals surface area contributed by atoms with Crippen LogP contribution in [0, 0.1) is 18.7 Å². The Kier molecular flexibility index (Phi) is 5.86. The van der Waals surface area contributed by atoms with Crippen LogP contribution in [0.15, 0.2) is 46.9 Å². The molecule has 1 saturated heterocycles. The van der Waals surface area contributed by atoms with Crippen LogP contribution in [0.2, 0.25) is 0 Å². The van der Waals surface area contributed by atoms with E-state index in [1.54, 1.807) is 12.1 Å². The SMILES string of the molecule is Cc1ccccc1CN1CCC(C(=O)Nc2ccc(Br)cc2F)CC1. The molecule has 3 rings (SSSR count). The van der Waals surface area contributed by atoms with E-state index in [-0.39, 0.29) is 17.5 Å². The molecule has 2 aromatic rings. The number of benzene rings is 2. The largest absolute Gasteiger partial charge is 0.323 e. The maximum Gasteiger partial charge on any atom is 0.227 e. The summed E-state index contributed by atoms with van der Waals surface area (Å²) in [5, 5.41) is 2.73. The summed E-state index contributed by atoms with van der Waals surface area (Å²) in [4.78, 5) is 14.8. The Bertz CT molecular complexity index is 757. The molecule has 0 aliphatic carbocycles. The molecule has 5 heteroatoms. The number of aryl methyl sites for hydroxylation is 1. The number of hydrogen-bond donors (Lipinski definition) is 1. The highest BCUT2D eigenvalue weighted by Gasteiger charge is 2.25. The average Bonchev–Trinajstić information content (AvgIpc) is 2.60. The molecule has 1 amide bonds. The first-order valence-corrected chi connectivity index (χ1v) is 9.35. The van der Waals surface area contributed by atoms with Gasteiger partial charge in [0.25, 0.3) is 0 Å². The van der Waals surface area contributed by atoms with Crippen LogP contribution in [0.25, 0.3) is 0 Å². The minimum Gasteiger partial charge on any atom is -0.323 e. The topological polar surface area (TPSA) is 32.3 Å². The van der Waals surface area contributed by atoms with E-state index in [2.05, 4.69) is 57.3 Å². The first-order valence-electron chi connectivity index (χ1n) is 8.55. The van der Waals surface area contributed by atoms with Crippen LogP contribution in [0.1, 0.15) is 24.0 Å². The zero-order chi connectivity index (χ0) is 17.8. The van der Waals surface area contributed by atoms with Gasteiger partial charge in [-0.1, -0.05) is 40.2 Å². The summed E-state index contributed by atoms with van der Waals surface area (Å²) < 4.78 is 14.5. The van der Waals surface area contributed by atoms with E-state index >= 15 is 0 Å². The number of halogens is 2. The highest BCUT2D eigenvalue weighted by atomic mass is 79.9. The van der Waals surface area contributed by atoms with Crippen molar-refractivity contribution in [1.29, 1.82) is 0 Å². The maximum atomic E-state index is 13.9. The van der Waals surface area contributed by atoms with Crippen LogP contribution in [-0.4, -0.2) is 23.9 Å². The van der Waals surface area contributed by atoms with E-state index in [1.165, 1.54) is 17.2 Å². The predicted molar refractivity (Wildman–Crippen MR) is 102 cm³/mol. The van der Waals surface area contributed by atoms with Gasteiger partial charge in [0.15, 0.2) is 0 Å². The molecule has 25 heavy (non-hydrogen) atoms. The number of carbonyl (C=O) groups is 1. The van der Waals surface area contributed by atoms with E-state index in [9.17, 15) is 9.18 Å². The monoisotopic (exact) mass is 404 g/mol. The minimum atomic E-state index is -0.417. The summed E-state index contributed by atoms with van der Waals surface area (Å²) in [5.74, 6) is -0.562. The minimum absolute atomic E-state index is 0.0591. The molecule has 1 heterocycles. The van der Waals surface area contributed by atoms with Crippen LogP contribution < -0.4 is 5.32 Å². The van der Waals surface area contributed by atoms with Crippen LogP contribution in [0.5, 0.6) is 0 Å². The molecule has 1 aliphatic heterocycles. The van der Waals surface area contributed by atoms with Gasteiger partial charge >= 0.3 is 0 Å². The van der Waals surface area contributed by atoms with Gasteiger partial charge in [-0.05, 0) is 62.2 Å². The van der Waals surface area contributed by atoms with Crippen LogP contribution in [-0.2, 0) is 11.3 Å². The van der Waals surface area contributed by atoms with E-state index < -0.39 is 5.82 Å². The lowest BCUT2D eigenvalue weighted by molar-refractivity contribution is -0.121. The molecule has 0 aromatic heterocycles. The number of hydrogen-bond acceptors (Lipinski definition) is 2. The number of rotatable bonds is 4. The summed E-state index contributed by atoms with van der Waals surface area (Å²) >= 11 is 3.22.